The molecule has 0 unspecified atom stereocenters. The molecule has 2 aromatic heterocycles. The van der Waals surface area contributed by atoms with Crippen molar-refractivity contribution in [3.63, 3.8) is 0 Å². The molecule has 0 atom stereocenters. The lowest BCUT2D eigenvalue weighted by Gasteiger charge is -2.11. The molecule has 0 spiro atoms. The molecule has 2 heterocycles. The van der Waals surface area contributed by atoms with E-state index in [0.717, 1.165) is 40.4 Å². The maximum Gasteiger partial charge on any atom is 0.248 e. The summed E-state index contributed by atoms with van der Waals surface area (Å²) in [6, 6.07) is 9.57. The van der Waals surface area contributed by atoms with Crippen LogP contribution in [0.2, 0.25) is 0 Å². The van der Waals surface area contributed by atoms with Gasteiger partial charge in [-0.3, -0.25) is 4.79 Å². The minimum atomic E-state index is -0.0674. The van der Waals surface area contributed by atoms with E-state index in [4.69, 9.17) is 0 Å². The Labute approximate surface area is 145 Å². The molecular formula is C18H22N4OS. The quantitative estimate of drug-likeness (QED) is 0.689. The number of hydrogen-bond donors (Lipinski definition) is 1. The molecule has 0 saturated carbocycles. The van der Waals surface area contributed by atoms with Crippen LogP contribution in [0.25, 0.3) is 10.9 Å². The fraction of sp³-hybridized carbons (Fsp3) is 0.389. The molecular weight excluding hydrogens is 320 g/mol. The van der Waals surface area contributed by atoms with Gasteiger partial charge in [0.2, 0.25) is 5.56 Å². The SMILES string of the molecule is CCCn1c(SCc2cc(=O)[nH]c3ccccc23)nnc1C(C)C. The molecule has 1 aromatic carbocycles. The Morgan fingerprint density at radius 1 is 1.25 bits per heavy atom. The summed E-state index contributed by atoms with van der Waals surface area (Å²) < 4.78 is 2.20. The van der Waals surface area contributed by atoms with Gasteiger partial charge in [-0.1, -0.05) is 50.7 Å². The van der Waals surface area contributed by atoms with E-state index < -0.39 is 0 Å². The van der Waals surface area contributed by atoms with E-state index in [1.807, 2.05) is 24.3 Å². The summed E-state index contributed by atoms with van der Waals surface area (Å²) in [4.78, 5) is 14.8. The molecule has 0 bridgehead atoms. The molecule has 0 amide bonds. The Morgan fingerprint density at radius 2 is 2.04 bits per heavy atom. The number of thioether (sulfide) groups is 1. The Bertz CT molecular complexity index is 897. The van der Waals surface area contributed by atoms with Gasteiger partial charge < -0.3 is 9.55 Å². The summed E-state index contributed by atoms with van der Waals surface area (Å²) in [6.07, 6.45) is 1.04. The summed E-state index contributed by atoms with van der Waals surface area (Å²) in [5.74, 6) is 2.07. The number of pyridine rings is 1. The fourth-order valence-corrected chi connectivity index (χ4v) is 3.77. The van der Waals surface area contributed by atoms with Gasteiger partial charge in [0.05, 0.1) is 0 Å². The molecule has 5 nitrogen and oxygen atoms in total. The van der Waals surface area contributed by atoms with Crippen molar-refractivity contribution >= 4 is 22.7 Å². The molecule has 1 N–H and O–H groups in total. The van der Waals surface area contributed by atoms with Crippen LogP contribution in [0.5, 0.6) is 0 Å². The van der Waals surface area contributed by atoms with Crippen LogP contribution in [0.15, 0.2) is 40.3 Å². The summed E-state index contributed by atoms with van der Waals surface area (Å²) in [7, 11) is 0. The number of aromatic amines is 1. The van der Waals surface area contributed by atoms with Crippen molar-refractivity contribution in [2.24, 2.45) is 0 Å². The van der Waals surface area contributed by atoms with Crippen LogP contribution in [-0.2, 0) is 12.3 Å². The average Bonchev–Trinajstić information content (AvgIpc) is 2.96. The van der Waals surface area contributed by atoms with Crippen LogP contribution in [0.1, 0.15) is 44.5 Å². The van der Waals surface area contributed by atoms with Gasteiger partial charge in [-0.05, 0) is 18.1 Å². The first kappa shape index (κ1) is 16.8. The third-order valence-electron chi connectivity index (χ3n) is 3.90. The van der Waals surface area contributed by atoms with Gasteiger partial charge in [0.1, 0.15) is 5.82 Å². The standard InChI is InChI=1S/C18H22N4OS/c1-4-9-22-17(12(2)3)20-21-18(22)24-11-13-10-16(23)19-15-8-6-5-7-14(13)15/h5-8,10,12H,4,9,11H2,1-3H3,(H,19,23). The maximum atomic E-state index is 11.9. The van der Waals surface area contributed by atoms with E-state index in [2.05, 4.69) is 40.5 Å². The predicted molar refractivity (Wildman–Crippen MR) is 98.5 cm³/mol. The predicted octanol–water partition coefficient (Wildman–Crippen LogP) is 3.95. The lowest BCUT2D eigenvalue weighted by Crippen LogP contribution is -2.07. The minimum absolute atomic E-state index is 0.0674. The Kier molecular flexibility index (Phi) is 5.04. The average molecular weight is 342 g/mol. The van der Waals surface area contributed by atoms with Crippen molar-refractivity contribution in [2.45, 2.75) is 50.6 Å². The normalized spacial score (nSPS) is 11.5. The highest BCUT2D eigenvalue weighted by Crippen LogP contribution is 2.27. The molecule has 0 aliphatic heterocycles. The topological polar surface area (TPSA) is 63.6 Å². The summed E-state index contributed by atoms with van der Waals surface area (Å²) >= 11 is 1.64. The number of nitrogens with zero attached hydrogens (tertiary/aromatic N) is 3. The largest absolute Gasteiger partial charge is 0.322 e. The highest BCUT2D eigenvalue weighted by molar-refractivity contribution is 7.98. The number of hydrogen-bond acceptors (Lipinski definition) is 4. The van der Waals surface area contributed by atoms with Crippen LogP contribution >= 0.6 is 11.8 Å². The van der Waals surface area contributed by atoms with E-state index in [1.165, 1.54) is 0 Å². The van der Waals surface area contributed by atoms with Crippen molar-refractivity contribution in [3.05, 3.63) is 52.1 Å². The summed E-state index contributed by atoms with van der Waals surface area (Å²) in [6.45, 7) is 7.34. The van der Waals surface area contributed by atoms with E-state index in [1.54, 1.807) is 17.8 Å². The number of para-hydroxylation sites is 1. The first-order chi connectivity index (χ1) is 11.6. The van der Waals surface area contributed by atoms with Crippen molar-refractivity contribution in [1.29, 1.82) is 0 Å². The molecule has 126 valence electrons. The summed E-state index contributed by atoms with van der Waals surface area (Å²) in [5, 5.41) is 10.7. The first-order valence-electron chi connectivity index (χ1n) is 8.27. The fourth-order valence-electron chi connectivity index (χ4n) is 2.81. The second-order valence-electron chi connectivity index (χ2n) is 6.14. The second-order valence-corrected chi connectivity index (χ2v) is 7.08. The van der Waals surface area contributed by atoms with Crippen LogP contribution in [0.4, 0.5) is 0 Å². The van der Waals surface area contributed by atoms with E-state index in [0.29, 0.717) is 11.7 Å². The lowest BCUT2D eigenvalue weighted by molar-refractivity contribution is 0.572. The highest BCUT2D eigenvalue weighted by atomic mass is 32.2. The zero-order valence-corrected chi connectivity index (χ0v) is 15.1. The Balaban J connectivity index is 1.90. The number of benzene rings is 1. The molecule has 0 fully saturated rings. The second kappa shape index (κ2) is 7.21. The summed E-state index contributed by atoms with van der Waals surface area (Å²) in [5.41, 5.74) is 1.83. The van der Waals surface area contributed by atoms with Crippen LogP contribution in [0, 0.1) is 0 Å². The van der Waals surface area contributed by atoms with Crippen LogP contribution in [0.3, 0.4) is 0 Å². The van der Waals surface area contributed by atoms with Crippen LogP contribution < -0.4 is 5.56 Å². The monoisotopic (exact) mass is 342 g/mol. The zero-order valence-electron chi connectivity index (χ0n) is 14.2. The van der Waals surface area contributed by atoms with E-state index >= 15 is 0 Å². The van der Waals surface area contributed by atoms with Gasteiger partial charge in [0.15, 0.2) is 5.16 Å². The smallest absolute Gasteiger partial charge is 0.248 e. The molecule has 24 heavy (non-hydrogen) atoms. The van der Waals surface area contributed by atoms with Crippen LogP contribution in [-0.4, -0.2) is 19.7 Å². The van der Waals surface area contributed by atoms with E-state index in [-0.39, 0.29) is 5.56 Å². The van der Waals surface area contributed by atoms with Gasteiger partial charge >= 0.3 is 0 Å². The lowest BCUT2D eigenvalue weighted by atomic mass is 10.1. The third-order valence-corrected chi connectivity index (χ3v) is 4.92. The minimum Gasteiger partial charge on any atom is -0.322 e. The van der Waals surface area contributed by atoms with Crippen molar-refractivity contribution < 1.29 is 0 Å². The van der Waals surface area contributed by atoms with Crippen molar-refractivity contribution in [1.82, 2.24) is 19.7 Å². The van der Waals surface area contributed by atoms with Crippen molar-refractivity contribution in [2.75, 3.05) is 0 Å². The van der Waals surface area contributed by atoms with Gasteiger partial charge in [0.25, 0.3) is 0 Å². The van der Waals surface area contributed by atoms with E-state index in [9.17, 15) is 4.79 Å². The molecule has 0 aliphatic carbocycles. The molecule has 0 aliphatic rings. The van der Waals surface area contributed by atoms with Gasteiger partial charge in [-0.2, -0.15) is 0 Å². The number of nitrogens with one attached hydrogen (secondary N) is 1. The molecule has 3 aromatic rings. The molecule has 0 radical (unpaired) electrons. The number of H-pyrrole nitrogens is 1. The highest BCUT2D eigenvalue weighted by Gasteiger charge is 2.15. The Morgan fingerprint density at radius 3 is 2.79 bits per heavy atom. The zero-order chi connectivity index (χ0) is 17.1. The molecule has 6 heteroatoms. The number of rotatable bonds is 6. The van der Waals surface area contributed by atoms with Gasteiger partial charge in [0, 0.05) is 35.2 Å². The first-order valence-corrected chi connectivity index (χ1v) is 9.25. The third kappa shape index (κ3) is 3.38. The maximum absolute atomic E-state index is 11.9. The van der Waals surface area contributed by atoms with Crippen molar-refractivity contribution in [3.8, 4) is 0 Å². The number of aromatic nitrogens is 4. The molecule has 3 rings (SSSR count). The van der Waals surface area contributed by atoms with Gasteiger partial charge in [-0.15, -0.1) is 10.2 Å². The molecule has 0 saturated heterocycles. The van der Waals surface area contributed by atoms with Gasteiger partial charge in [-0.25, -0.2) is 0 Å². The number of fused-ring (bicyclic) bond motifs is 1. The Hall–Kier alpha value is -2.08.